The fourth-order valence-electron chi connectivity index (χ4n) is 1.70. The largest absolute Gasteiger partial charge is 0.341 e. The van der Waals surface area contributed by atoms with E-state index >= 15 is 0 Å². The zero-order valence-electron chi connectivity index (χ0n) is 8.37. The molecule has 0 saturated heterocycles. The molecule has 1 saturated carbocycles. The number of imidazole rings is 1. The minimum Gasteiger partial charge on any atom is -0.341 e. The van der Waals surface area contributed by atoms with Crippen molar-refractivity contribution in [3.8, 4) is 11.4 Å². The molecular formula is C11H9F2N3. The number of aromatic amines is 1. The lowest BCUT2D eigenvalue weighted by Crippen LogP contribution is -1.93. The molecule has 0 unspecified atom stereocenters. The topological polar surface area (TPSA) is 41.6 Å². The molecule has 5 heteroatoms. The van der Waals surface area contributed by atoms with Crippen LogP contribution in [0.4, 0.5) is 8.78 Å². The smallest absolute Gasteiger partial charge is 0.155 e. The molecule has 82 valence electrons. The predicted molar refractivity (Wildman–Crippen MR) is 53.7 cm³/mol. The number of H-pyrrole nitrogens is 1. The minimum absolute atomic E-state index is 0.137. The summed E-state index contributed by atoms with van der Waals surface area (Å²) in [6.45, 7) is 0. The fraction of sp³-hybridized carbons (Fsp3) is 0.273. The van der Waals surface area contributed by atoms with Gasteiger partial charge in [0.05, 0.1) is 18.0 Å². The van der Waals surface area contributed by atoms with Gasteiger partial charge in [0.15, 0.2) is 11.6 Å². The van der Waals surface area contributed by atoms with Crippen molar-refractivity contribution in [1.29, 1.82) is 0 Å². The van der Waals surface area contributed by atoms with Gasteiger partial charge in [-0.1, -0.05) is 0 Å². The van der Waals surface area contributed by atoms with Crippen LogP contribution in [-0.4, -0.2) is 15.0 Å². The van der Waals surface area contributed by atoms with Crippen molar-refractivity contribution in [2.75, 3.05) is 0 Å². The fourth-order valence-corrected chi connectivity index (χ4v) is 1.70. The van der Waals surface area contributed by atoms with E-state index in [1.807, 2.05) is 0 Å². The van der Waals surface area contributed by atoms with Crippen LogP contribution < -0.4 is 0 Å². The summed E-state index contributed by atoms with van der Waals surface area (Å²) < 4.78 is 26.8. The Hall–Kier alpha value is -1.78. The van der Waals surface area contributed by atoms with Crippen molar-refractivity contribution >= 4 is 0 Å². The lowest BCUT2D eigenvalue weighted by Gasteiger charge is -2.00. The summed E-state index contributed by atoms with van der Waals surface area (Å²) in [5, 5.41) is 0. The van der Waals surface area contributed by atoms with Crippen molar-refractivity contribution in [2.24, 2.45) is 0 Å². The Labute approximate surface area is 90.6 Å². The minimum atomic E-state index is -0.698. The molecule has 0 spiro atoms. The van der Waals surface area contributed by atoms with Gasteiger partial charge in [-0.25, -0.2) is 13.8 Å². The van der Waals surface area contributed by atoms with E-state index in [9.17, 15) is 8.78 Å². The summed E-state index contributed by atoms with van der Waals surface area (Å²) >= 11 is 0. The maximum atomic E-state index is 13.4. The van der Waals surface area contributed by atoms with E-state index in [1.54, 1.807) is 6.20 Å². The van der Waals surface area contributed by atoms with Crippen molar-refractivity contribution in [2.45, 2.75) is 18.8 Å². The highest BCUT2D eigenvalue weighted by Gasteiger charge is 2.26. The van der Waals surface area contributed by atoms with Gasteiger partial charge in [0.25, 0.3) is 0 Å². The number of rotatable bonds is 2. The second-order valence-corrected chi connectivity index (χ2v) is 3.94. The highest BCUT2D eigenvalue weighted by molar-refractivity contribution is 5.56. The SMILES string of the molecule is Fc1cncc(F)c1-c1ncc(C2CC2)[nH]1. The second kappa shape index (κ2) is 3.37. The Morgan fingerprint density at radius 1 is 1.12 bits per heavy atom. The first-order valence-electron chi connectivity index (χ1n) is 5.10. The molecule has 0 amide bonds. The van der Waals surface area contributed by atoms with Crippen molar-refractivity contribution in [1.82, 2.24) is 15.0 Å². The zero-order valence-corrected chi connectivity index (χ0v) is 8.37. The third-order valence-corrected chi connectivity index (χ3v) is 2.70. The normalized spacial score (nSPS) is 15.4. The highest BCUT2D eigenvalue weighted by atomic mass is 19.1. The molecule has 0 aliphatic heterocycles. The van der Waals surface area contributed by atoms with Crippen molar-refractivity contribution in [3.63, 3.8) is 0 Å². The molecule has 3 rings (SSSR count). The Morgan fingerprint density at radius 3 is 2.44 bits per heavy atom. The molecule has 1 fully saturated rings. The summed E-state index contributed by atoms with van der Waals surface area (Å²) in [6, 6.07) is 0. The average Bonchev–Trinajstić information content (AvgIpc) is 2.99. The molecule has 0 radical (unpaired) electrons. The number of hydrogen-bond acceptors (Lipinski definition) is 2. The molecule has 2 aromatic heterocycles. The number of hydrogen-bond donors (Lipinski definition) is 1. The van der Waals surface area contributed by atoms with Gasteiger partial charge >= 0.3 is 0 Å². The van der Waals surface area contributed by atoms with Crippen LogP contribution >= 0.6 is 0 Å². The highest BCUT2D eigenvalue weighted by Crippen LogP contribution is 2.39. The Kier molecular flexibility index (Phi) is 1.99. The number of aromatic nitrogens is 3. The van der Waals surface area contributed by atoms with E-state index in [4.69, 9.17) is 0 Å². The molecule has 3 nitrogen and oxygen atoms in total. The third-order valence-electron chi connectivity index (χ3n) is 2.70. The third kappa shape index (κ3) is 1.48. The first-order valence-corrected chi connectivity index (χ1v) is 5.10. The molecule has 1 aliphatic carbocycles. The maximum absolute atomic E-state index is 13.4. The molecule has 1 aliphatic rings. The quantitative estimate of drug-likeness (QED) is 0.846. The summed E-state index contributed by atoms with van der Waals surface area (Å²) in [7, 11) is 0. The number of halogens is 2. The van der Waals surface area contributed by atoms with E-state index in [2.05, 4.69) is 15.0 Å². The van der Waals surface area contributed by atoms with Gasteiger partial charge in [-0.15, -0.1) is 0 Å². The predicted octanol–water partition coefficient (Wildman–Crippen LogP) is 2.63. The standard InChI is InChI=1S/C11H9F2N3/c12-7-3-14-4-8(13)10(7)11-15-5-9(16-11)6-1-2-6/h3-6H,1-2H2,(H,15,16). The monoisotopic (exact) mass is 221 g/mol. The average molecular weight is 221 g/mol. The van der Waals surface area contributed by atoms with Crippen LogP contribution in [0.25, 0.3) is 11.4 Å². The second-order valence-electron chi connectivity index (χ2n) is 3.94. The van der Waals surface area contributed by atoms with Gasteiger partial charge in [-0.05, 0) is 12.8 Å². The molecule has 1 N–H and O–H groups in total. The van der Waals surface area contributed by atoms with Crippen LogP contribution in [-0.2, 0) is 0 Å². The molecule has 0 aromatic carbocycles. The summed E-state index contributed by atoms with van der Waals surface area (Å²) in [5.41, 5.74) is 0.813. The molecule has 0 bridgehead atoms. The van der Waals surface area contributed by atoms with Crippen LogP contribution in [0.3, 0.4) is 0 Å². The van der Waals surface area contributed by atoms with Crippen LogP contribution in [0.1, 0.15) is 24.5 Å². The van der Waals surface area contributed by atoms with E-state index in [1.165, 1.54) is 0 Å². The number of nitrogens with zero attached hydrogens (tertiary/aromatic N) is 2. The molecule has 0 atom stereocenters. The molecule has 2 heterocycles. The van der Waals surface area contributed by atoms with E-state index in [0.717, 1.165) is 30.9 Å². The van der Waals surface area contributed by atoms with Gasteiger partial charge in [0.2, 0.25) is 0 Å². The lowest BCUT2D eigenvalue weighted by atomic mass is 10.2. The number of pyridine rings is 1. The molecule has 16 heavy (non-hydrogen) atoms. The lowest BCUT2D eigenvalue weighted by molar-refractivity contribution is 0.577. The Morgan fingerprint density at radius 2 is 1.81 bits per heavy atom. The molecular weight excluding hydrogens is 212 g/mol. The summed E-state index contributed by atoms with van der Waals surface area (Å²) in [4.78, 5) is 10.4. The maximum Gasteiger partial charge on any atom is 0.155 e. The van der Waals surface area contributed by atoms with Crippen molar-refractivity contribution < 1.29 is 8.78 Å². The van der Waals surface area contributed by atoms with Crippen LogP contribution in [0, 0.1) is 11.6 Å². The first-order chi connectivity index (χ1) is 7.75. The van der Waals surface area contributed by atoms with Crippen LogP contribution in [0.2, 0.25) is 0 Å². The van der Waals surface area contributed by atoms with Gasteiger partial charge < -0.3 is 4.98 Å². The van der Waals surface area contributed by atoms with Gasteiger partial charge in [-0.3, -0.25) is 4.98 Å². The first kappa shape index (κ1) is 9.45. The summed E-state index contributed by atoms with van der Waals surface area (Å²) in [6.07, 6.45) is 5.84. The molecule has 2 aromatic rings. The van der Waals surface area contributed by atoms with E-state index in [0.29, 0.717) is 5.92 Å². The van der Waals surface area contributed by atoms with Crippen LogP contribution in [0.5, 0.6) is 0 Å². The van der Waals surface area contributed by atoms with E-state index < -0.39 is 11.6 Å². The Balaban J connectivity index is 2.06. The summed E-state index contributed by atoms with van der Waals surface area (Å²) in [5.74, 6) is -0.679. The Bertz CT molecular complexity index is 512. The van der Waals surface area contributed by atoms with Gasteiger partial charge in [0.1, 0.15) is 5.82 Å². The van der Waals surface area contributed by atoms with Gasteiger partial charge in [-0.2, -0.15) is 0 Å². The zero-order chi connectivity index (χ0) is 11.1. The van der Waals surface area contributed by atoms with E-state index in [-0.39, 0.29) is 11.4 Å². The van der Waals surface area contributed by atoms with Crippen molar-refractivity contribution in [3.05, 3.63) is 35.9 Å². The van der Waals surface area contributed by atoms with Gasteiger partial charge in [0, 0.05) is 17.8 Å². The van der Waals surface area contributed by atoms with Crippen LogP contribution in [0.15, 0.2) is 18.6 Å². The number of nitrogens with one attached hydrogen (secondary N) is 1.